The highest BCUT2D eigenvalue weighted by Crippen LogP contribution is 2.34. The van der Waals surface area contributed by atoms with E-state index in [4.69, 9.17) is 0 Å². The van der Waals surface area contributed by atoms with Crippen molar-refractivity contribution in [2.24, 2.45) is 0 Å². The molecule has 1 spiro atoms. The molecule has 2 fully saturated rings. The Balaban J connectivity index is 1.11. The molecule has 8 heteroatoms. The summed E-state index contributed by atoms with van der Waals surface area (Å²) in [6, 6.07) is 28.9. The number of urea groups is 1. The summed E-state index contributed by atoms with van der Waals surface area (Å²) in [5.41, 5.74) is 2.15. The fourth-order valence-corrected chi connectivity index (χ4v) is 6.48. The minimum atomic E-state index is -0.751. The molecule has 1 atom stereocenters. The molecule has 2 aliphatic rings. The summed E-state index contributed by atoms with van der Waals surface area (Å²) in [7, 11) is 0. The van der Waals surface area contributed by atoms with Gasteiger partial charge in [0, 0.05) is 32.7 Å². The molecule has 2 aliphatic heterocycles. The third-order valence-electron chi connectivity index (χ3n) is 8.93. The van der Waals surface area contributed by atoms with Crippen LogP contribution in [0.3, 0.4) is 0 Å². The molecule has 2 saturated heterocycles. The summed E-state index contributed by atoms with van der Waals surface area (Å²) in [5, 5.41) is 6.14. The molecule has 232 valence electrons. The molecule has 3 aromatic carbocycles. The van der Waals surface area contributed by atoms with Crippen molar-refractivity contribution in [1.82, 2.24) is 20.4 Å². The van der Waals surface area contributed by atoms with Gasteiger partial charge in [-0.15, -0.1) is 0 Å². The molecule has 0 aliphatic carbocycles. The molecular formula is C36H45N5O3. The third-order valence-corrected chi connectivity index (χ3v) is 8.93. The van der Waals surface area contributed by atoms with E-state index in [9.17, 15) is 14.4 Å². The van der Waals surface area contributed by atoms with Gasteiger partial charge in [0.15, 0.2) is 0 Å². The van der Waals surface area contributed by atoms with Crippen molar-refractivity contribution in [1.29, 1.82) is 0 Å². The van der Waals surface area contributed by atoms with Crippen molar-refractivity contribution < 1.29 is 14.4 Å². The maximum Gasteiger partial charge on any atom is 0.326 e. The van der Waals surface area contributed by atoms with Gasteiger partial charge in [-0.1, -0.05) is 73.7 Å². The molecule has 2 heterocycles. The van der Waals surface area contributed by atoms with Crippen molar-refractivity contribution >= 4 is 29.2 Å². The molecule has 0 radical (unpaired) electrons. The van der Waals surface area contributed by atoms with Crippen molar-refractivity contribution in [3.63, 3.8) is 0 Å². The number of anilines is 2. The van der Waals surface area contributed by atoms with Crippen LogP contribution in [0.15, 0.2) is 91.0 Å². The number of nitrogens with zero attached hydrogens (tertiary/aromatic N) is 3. The van der Waals surface area contributed by atoms with Crippen LogP contribution < -0.4 is 15.5 Å². The predicted octanol–water partition coefficient (Wildman–Crippen LogP) is 5.52. The standard InChI is InChI=1S/C36H45N5O3/c1-2-25-40-33(42)32(38-34(43)36(40)22-27-39(28-23-36)26-21-29-14-6-3-7-15-29)20-12-13-24-37-35(44)41(30-16-8-4-9-17-30)31-18-10-5-11-19-31/h3-11,14-19,32H,2,12-13,20-28H2,1H3,(H,37,44)(H,38,43)/t32-/m0/s1. The number of piperidine rings is 1. The maximum atomic E-state index is 13.7. The highest BCUT2D eigenvalue weighted by Gasteiger charge is 2.53. The highest BCUT2D eigenvalue weighted by atomic mass is 16.2. The van der Waals surface area contributed by atoms with Gasteiger partial charge < -0.3 is 20.4 Å². The fourth-order valence-electron chi connectivity index (χ4n) is 6.48. The van der Waals surface area contributed by atoms with Crippen LogP contribution in [0.1, 0.15) is 51.0 Å². The number of amides is 4. The number of rotatable bonds is 12. The largest absolute Gasteiger partial charge is 0.342 e. The molecule has 0 saturated carbocycles. The monoisotopic (exact) mass is 595 g/mol. The number of likely N-dealkylation sites (tertiary alicyclic amines) is 1. The lowest BCUT2D eigenvalue weighted by molar-refractivity contribution is -0.161. The van der Waals surface area contributed by atoms with Crippen LogP contribution in [0.4, 0.5) is 16.2 Å². The van der Waals surface area contributed by atoms with Crippen LogP contribution in [-0.2, 0) is 16.0 Å². The van der Waals surface area contributed by atoms with Gasteiger partial charge in [-0.3, -0.25) is 14.5 Å². The number of unbranched alkanes of at least 4 members (excludes halogenated alkanes) is 1. The summed E-state index contributed by atoms with van der Waals surface area (Å²) < 4.78 is 0. The number of piperazine rings is 1. The Kier molecular flexibility index (Phi) is 10.7. The molecule has 8 nitrogen and oxygen atoms in total. The topological polar surface area (TPSA) is 85.0 Å². The summed E-state index contributed by atoms with van der Waals surface area (Å²) >= 11 is 0. The Bertz CT molecular complexity index is 1320. The number of nitrogens with one attached hydrogen (secondary N) is 2. The Morgan fingerprint density at radius 2 is 1.45 bits per heavy atom. The molecule has 44 heavy (non-hydrogen) atoms. The third kappa shape index (κ3) is 7.30. The normalized spacial score (nSPS) is 18.2. The van der Waals surface area contributed by atoms with E-state index < -0.39 is 11.6 Å². The van der Waals surface area contributed by atoms with E-state index >= 15 is 0 Å². The first-order valence-electron chi connectivity index (χ1n) is 16.1. The van der Waals surface area contributed by atoms with E-state index in [1.54, 1.807) is 4.90 Å². The second-order valence-electron chi connectivity index (χ2n) is 11.9. The quantitative estimate of drug-likeness (QED) is 0.270. The minimum Gasteiger partial charge on any atom is -0.342 e. The summed E-state index contributed by atoms with van der Waals surface area (Å²) in [5.74, 6) is 0.0282. The van der Waals surface area contributed by atoms with Crippen LogP contribution in [0.2, 0.25) is 0 Å². The molecule has 0 unspecified atom stereocenters. The Morgan fingerprint density at radius 3 is 2.05 bits per heavy atom. The lowest BCUT2D eigenvalue weighted by Crippen LogP contribution is -2.72. The van der Waals surface area contributed by atoms with E-state index in [1.165, 1.54) is 5.56 Å². The van der Waals surface area contributed by atoms with Crippen LogP contribution in [0, 0.1) is 0 Å². The molecule has 4 amide bonds. The van der Waals surface area contributed by atoms with Crippen LogP contribution >= 0.6 is 0 Å². The van der Waals surface area contributed by atoms with Crippen molar-refractivity contribution in [2.45, 2.75) is 63.5 Å². The summed E-state index contributed by atoms with van der Waals surface area (Å²) in [4.78, 5) is 46.6. The van der Waals surface area contributed by atoms with Gasteiger partial charge in [-0.25, -0.2) is 4.79 Å². The number of carbonyl (C=O) groups excluding carboxylic acids is 3. The van der Waals surface area contributed by atoms with Gasteiger partial charge in [0.25, 0.3) is 0 Å². The lowest BCUT2D eigenvalue weighted by atomic mass is 9.81. The van der Waals surface area contributed by atoms with Gasteiger partial charge >= 0.3 is 6.03 Å². The number of para-hydroxylation sites is 2. The maximum absolute atomic E-state index is 13.7. The van der Waals surface area contributed by atoms with Crippen molar-refractivity contribution in [3.05, 3.63) is 96.6 Å². The average Bonchev–Trinajstić information content (AvgIpc) is 3.06. The molecular weight excluding hydrogens is 550 g/mol. The second kappa shape index (κ2) is 15.0. The van der Waals surface area contributed by atoms with Crippen molar-refractivity contribution in [2.75, 3.05) is 37.6 Å². The van der Waals surface area contributed by atoms with E-state index in [2.05, 4.69) is 46.7 Å². The number of hydrogen-bond acceptors (Lipinski definition) is 4. The van der Waals surface area contributed by atoms with Gasteiger partial charge in [0.05, 0.1) is 11.4 Å². The zero-order valence-corrected chi connectivity index (χ0v) is 25.8. The molecule has 0 aromatic heterocycles. The fraction of sp³-hybridized carbons (Fsp3) is 0.417. The van der Waals surface area contributed by atoms with E-state index in [0.29, 0.717) is 45.2 Å². The van der Waals surface area contributed by atoms with E-state index in [0.717, 1.165) is 43.9 Å². The zero-order valence-electron chi connectivity index (χ0n) is 25.8. The average molecular weight is 596 g/mol. The molecule has 0 bridgehead atoms. The van der Waals surface area contributed by atoms with Crippen LogP contribution in [0.5, 0.6) is 0 Å². The van der Waals surface area contributed by atoms with Crippen LogP contribution in [-0.4, -0.2) is 71.9 Å². The SMILES string of the molecule is CCCN1C(=O)[C@H](CCCCNC(=O)N(c2ccccc2)c2ccccc2)NC(=O)C12CCN(CCc1ccccc1)CC2. The predicted molar refractivity (Wildman–Crippen MR) is 175 cm³/mol. The molecule has 3 aromatic rings. The molecule has 5 rings (SSSR count). The first-order chi connectivity index (χ1) is 21.5. The smallest absolute Gasteiger partial charge is 0.326 e. The number of hydrogen-bond donors (Lipinski definition) is 2. The Labute approximate surface area is 261 Å². The minimum absolute atomic E-state index is 0.00655. The number of carbonyl (C=O) groups is 3. The first kappa shape index (κ1) is 31.3. The zero-order chi connectivity index (χ0) is 30.8. The first-order valence-corrected chi connectivity index (χ1v) is 16.1. The summed E-state index contributed by atoms with van der Waals surface area (Å²) in [6.07, 6.45) is 5.11. The van der Waals surface area contributed by atoms with Gasteiger partial charge in [-0.05, 0) is 74.8 Å². The number of benzene rings is 3. The van der Waals surface area contributed by atoms with Gasteiger partial charge in [-0.2, -0.15) is 0 Å². The Morgan fingerprint density at radius 1 is 0.864 bits per heavy atom. The Hall–Kier alpha value is -4.17. The van der Waals surface area contributed by atoms with E-state index in [-0.39, 0.29) is 17.8 Å². The highest BCUT2D eigenvalue weighted by molar-refractivity contribution is 6.00. The van der Waals surface area contributed by atoms with Crippen molar-refractivity contribution in [3.8, 4) is 0 Å². The second-order valence-corrected chi connectivity index (χ2v) is 11.9. The summed E-state index contributed by atoms with van der Waals surface area (Å²) in [6.45, 7) is 5.70. The molecule has 2 N–H and O–H groups in total. The van der Waals surface area contributed by atoms with Gasteiger partial charge in [0.1, 0.15) is 11.6 Å². The van der Waals surface area contributed by atoms with E-state index in [1.807, 2.05) is 71.6 Å². The lowest BCUT2D eigenvalue weighted by Gasteiger charge is -2.51. The van der Waals surface area contributed by atoms with Gasteiger partial charge in [0.2, 0.25) is 11.8 Å². The van der Waals surface area contributed by atoms with Crippen LogP contribution in [0.25, 0.3) is 0 Å².